The van der Waals surface area contributed by atoms with E-state index in [1.165, 1.54) is 25.7 Å². The monoisotopic (exact) mass is 452 g/mol. The van der Waals surface area contributed by atoms with Crippen LogP contribution in [0.5, 0.6) is 0 Å². The maximum absolute atomic E-state index is 2.53. The third-order valence-corrected chi connectivity index (χ3v) is 6.57. The van der Waals surface area contributed by atoms with Gasteiger partial charge in [0.2, 0.25) is 0 Å². The Morgan fingerprint density at radius 3 is 2.71 bits per heavy atom. The van der Waals surface area contributed by atoms with Crippen molar-refractivity contribution in [3.63, 3.8) is 0 Å². The largest absolute Gasteiger partial charge is 0.0746 e. The Kier molecular flexibility index (Phi) is 3.26. The molecular formula is C15H18I2. The maximum atomic E-state index is 2.53. The van der Waals surface area contributed by atoms with E-state index >= 15 is 0 Å². The molecule has 2 atom stereocenters. The van der Waals surface area contributed by atoms with E-state index in [1.807, 2.05) is 0 Å². The molecule has 0 aliphatic heterocycles. The van der Waals surface area contributed by atoms with Crippen LogP contribution in [0.15, 0.2) is 30.5 Å². The first kappa shape index (κ1) is 12.7. The number of fused-ring (bicyclic) bond motifs is 2. The van der Waals surface area contributed by atoms with E-state index in [9.17, 15) is 0 Å². The molecule has 0 radical (unpaired) electrons. The second-order valence-corrected chi connectivity index (χ2v) is 8.83. The van der Waals surface area contributed by atoms with Gasteiger partial charge in [-0.25, -0.2) is 0 Å². The van der Waals surface area contributed by atoms with Gasteiger partial charge in [-0.1, -0.05) is 25.5 Å². The van der Waals surface area contributed by atoms with Crippen LogP contribution in [-0.4, -0.2) is 0 Å². The average Bonchev–Trinajstić information content (AvgIpc) is 2.49. The molecule has 0 spiro atoms. The van der Waals surface area contributed by atoms with E-state index in [2.05, 4.69) is 71.2 Å². The van der Waals surface area contributed by atoms with Crippen LogP contribution in [0.4, 0.5) is 0 Å². The Balaban J connectivity index is 2.05. The second kappa shape index (κ2) is 4.36. The summed E-state index contributed by atoms with van der Waals surface area (Å²) in [7, 11) is 0. The minimum absolute atomic E-state index is 0.390. The van der Waals surface area contributed by atoms with Crippen molar-refractivity contribution in [3.05, 3.63) is 30.5 Å². The minimum Gasteiger partial charge on any atom is -0.0746 e. The summed E-state index contributed by atoms with van der Waals surface area (Å²) < 4.78 is 3.13. The van der Waals surface area contributed by atoms with Crippen LogP contribution in [-0.2, 0) is 0 Å². The first-order valence-electron chi connectivity index (χ1n) is 6.44. The average molecular weight is 452 g/mol. The van der Waals surface area contributed by atoms with Crippen molar-refractivity contribution in [1.82, 2.24) is 0 Å². The van der Waals surface area contributed by atoms with Gasteiger partial charge in [0.1, 0.15) is 0 Å². The van der Waals surface area contributed by atoms with Gasteiger partial charge >= 0.3 is 0 Å². The van der Waals surface area contributed by atoms with E-state index in [0.717, 1.165) is 11.8 Å². The van der Waals surface area contributed by atoms with Crippen LogP contribution in [0.1, 0.15) is 39.5 Å². The quantitative estimate of drug-likeness (QED) is 0.409. The SMILES string of the molecule is CC1(C)C2=C(CCC(I)=C2)[C@H]2CC=C(I)CC21. The molecule has 0 saturated carbocycles. The van der Waals surface area contributed by atoms with Crippen LogP contribution in [0.3, 0.4) is 0 Å². The number of allylic oxidation sites excluding steroid dienone is 6. The van der Waals surface area contributed by atoms with E-state index in [-0.39, 0.29) is 0 Å². The highest BCUT2D eigenvalue weighted by atomic mass is 127. The summed E-state index contributed by atoms with van der Waals surface area (Å²) in [5.74, 6) is 1.70. The minimum atomic E-state index is 0.390. The lowest BCUT2D eigenvalue weighted by Gasteiger charge is -2.35. The van der Waals surface area contributed by atoms with Gasteiger partial charge in [-0.2, -0.15) is 0 Å². The zero-order valence-electron chi connectivity index (χ0n) is 10.4. The van der Waals surface area contributed by atoms with Crippen molar-refractivity contribution in [3.8, 4) is 0 Å². The Morgan fingerprint density at radius 2 is 1.94 bits per heavy atom. The van der Waals surface area contributed by atoms with E-state index in [1.54, 1.807) is 18.3 Å². The van der Waals surface area contributed by atoms with Crippen molar-refractivity contribution in [2.24, 2.45) is 17.3 Å². The van der Waals surface area contributed by atoms with Gasteiger partial charge in [-0.05, 0) is 107 Å². The second-order valence-electron chi connectivity index (χ2n) is 6.06. The molecular weight excluding hydrogens is 434 g/mol. The molecule has 3 rings (SSSR count). The van der Waals surface area contributed by atoms with Gasteiger partial charge in [0.25, 0.3) is 0 Å². The molecule has 0 aromatic carbocycles. The molecule has 0 N–H and O–H groups in total. The lowest BCUT2D eigenvalue weighted by molar-refractivity contribution is 0.229. The first-order valence-corrected chi connectivity index (χ1v) is 8.60. The van der Waals surface area contributed by atoms with Gasteiger partial charge in [0.05, 0.1) is 0 Å². The van der Waals surface area contributed by atoms with Crippen molar-refractivity contribution < 1.29 is 0 Å². The number of hydrogen-bond donors (Lipinski definition) is 0. The standard InChI is InChI=1S/C15H18I2/c1-15(2)13-7-9(16)3-5-11(13)12-6-4-10(17)8-14(12)15/h3,8,11,13H,4-7H2,1-2H3/t11-,13?/m1/s1. The predicted octanol–water partition coefficient (Wildman–Crippen LogP) is 5.78. The summed E-state index contributed by atoms with van der Waals surface area (Å²) in [5, 5.41) is 0. The highest BCUT2D eigenvalue weighted by Crippen LogP contribution is 2.59. The van der Waals surface area contributed by atoms with Gasteiger partial charge in [0, 0.05) is 0 Å². The first-order chi connectivity index (χ1) is 8.00. The highest BCUT2D eigenvalue weighted by molar-refractivity contribution is 14.1. The van der Waals surface area contributed by atoms with Crippen LogP contribution in [0.2, 0.25) is 0 Å². The molecule has 92 valence electrons. The van der Waals surface area contributed by atoms with Crippen molar-refractivity contribution in [1.29, 1.82) is 0 Å². The Bertz CT molecular complexity index is 452. The Labute approximate surface area is 131 Å². The maximum Gasteiger partial charge on any atom is -0.00662 e. The number of halogens is 2. The van der Waals surface area contributed by atoms with Crippen molar-refractivity contribution in [2.45, 2.75) is 39.5 Å². The molecule has 0 aromatic heterocycles. The summed E-state index contributed by atoms with van der Waals surface area (Å²) in [6.07, 6.45) is 10.1. The molecule has 0 amide bonds. The van der Waals surface area contributed by atoms with Gasteiger partial charge in [-0.3, -0.25) is 0 Å². The molecule has 3 aliphatic carbocycles. The molecule has 2 heteroatoms. The lowest BCUT2D eigenvalue weighted by Crippen LogP contribution is -2.27. The zero-order chi connectivity index (χ0) is 12.2. The molecule has 17 heavy (non-hydrogen) atoms. The molecule has 0 heterocycles. The molecule has 0 aromatic rings. The Morgan fingerprint density at radius 1 is 1.18 bits per heavy atom. The van der Waals surface area contributed by atoms with Crippen LogP contribution in [0, 0.1) is 17.3 Å². The predicted molar refractivity (Wildman–Crippen MR) is 90.5 cm³/mol. The van der Waals surface area contributed by atoms with Gasteiger partial charge in [-0.15, -0.1) is 0 Å². The third kappa shape index (κ3) is 1.97. The summed E-state index contributed by atoms with van der Waals surface area (Å²) in [4.78, 5) is 0. The van der Waals surface area contributed by atoms with Crippen molar-refractivity contribution >= 4 is 45.2 Å². The number of rotatable bonds is 0. The smallest absolute Gasteiger partial charge is 0.00662 e. The lowest BCUT2D eigenvalue weighted by atomic mass is 9.70. The third-order valence-electron chi connectivity index (χ3n) is 4.84. The van der Waals surface area contributed by atoms with Gasteiger partial charge < -0.3 is 0 Å². The van der Waals surface area contributed by atoms with Crippen molar-refractivity contribution in [2.75, 3.05) is 0 Å². The normalized spacial score (nSPS) is 35.1. The number of hydrogen-bond acceptors (Lipinski definition) is 0. The summed E-state index contributed by atoms with van der Waals surface area (Å²) >= 11 is 5.05. The van der Waals surface area contributed by atoms with Crippen LogP contribution < -0.4 is 0 Å². The molecule has 0 nitrogen and oxygen atoms in total. The van der Waals surface area contributed by atoms with Gasteiger partial charge in [0.15, 0.2) is 0 Å². The van der Waals surface area contributed by atoms with E-state index in [0.29, 0.717) is 5.41 Å². The van der Waals surface area contributed by atoms with E-state index < -0.39 is 0 Å². The Hall–Kier alpha value is 0.680. The zero-order valence-corrected chi connectivity index (χ0v) is 14.7. The summed E-state index contributed by atoms with van der Waals surface area (Å²) in [5.41, 5.74) is 3.87. The fourth-order valence-electron chi connectivity index (χ4n) is 3.89. The molecule has 0 saturated heterocycles. The summed E-state index contributed by atoms with van der Waals surface area (Å²) in [6, 6.07) is 0. The molecule has 0 bridgehead atoms. The van der Waals surface area contributed by atoms with Crippen LogP contribution in [0.25, 0.3) is 0 Å². The summed E-state index contributed by atoms with van der Waals surface area (Å²) in [6.45, 7) is 4.93. The molecule has 1 unspecified atom stereocenters. The fraction of sp³-hybridized carbons (Fsp3) is 0.600. The molecule has 0 fully saturated rings. The molecule has 3 aliphatic rings. The fourth-order valence-corrected chi connectivity index (χ4v) is 5.20. The topological polar surface area (TPSA) is 0 Å². The van der Waals surface area contributed by atoms with E-state index in [4.69, 9.17) is 0 Å². The highest BCUT2D eigenvalue weighted by Gasteiger charge is 2.48. The van der Waals surface area contributed by atoms with Crippen LogP contribution >= 0.6 is 45.2 Å².